The van der Waals surface area contributed by atoms with Crippen LogP contribution in [0.25, 0.3) is 0 Å². The molecule has 0 bridgehead atoms. The van der Waals surface area contributed by atoms with Gasteiger partial charge in [0.25, 0.3) is 0 Å². The first-order valence-electron chi connectivity index (χ1n) is 9.84. The zero-order chi connectivity index (χ0) is 19.7. The Kier molecular flexibility index (Phi) is 3.81. The molecule has 0 aromatic carbocycles. The molecule has 4 aliphatic rings. The number of rotatable bonds is 2. The monoisotopic (exact) mass is 388 g/mol. The first kappa shape index (κ1) is 17.9. The molecule has 28 heavy (non-hydrogen) atoms. The molecule has 150 valence electrons. The first-order chi connectivity index (χ1) is 13.4. The quantitative estimate of drug-likeness (QED) is 0.615. The topological polar surface area (TPSA) is 95.2 Å². The van der Waals surface area contributed by atoms with Crippen LogP contribution in [0.2, 0.25) is 0 Å². The van der Waals surface area contributed by atoms with Crippen molar-refractivity contribution in [3.63, 3.8) is 0 Å². The number of hydrogen-bond acceptors (Lipinski definition) is 7. The van der Waals surface area contributed by atoms with Gasteiger partial charge in [0.2, 0.25) is 0 Å². The van der Waals surface area contributed by atoms with Crippen LogP contribution in [0.5, 0.6) is 0 Å². The normalized spacial score (nSPS) is 41.9. The van der Waals surface area contributed by atoms with Crippen molar-refractivity contribution in [1.29, 1.82) is 0 Å². The summed E-state index contributed by atoms with van der Waals surface area (Å²) in [5.74, 6) is -0.772. The summed E-state index contributed by atoms with van der Waals surface area (Å²) in [6.07, 6.45) is 4.07. The molecule has 0 unspecified atom stereocenters. The van der Waals surface area contributed by atoms with Crippen LogP contribution in [0.3, 0.4) is 0 Å². The van der Waals surface area contributed by atoms with E-state index in [0.717, 1.165) is 16.7 Å². The summed E-state index contributed by atoms with van der Waals surface area (Å²) in [5.41, 5.74) is 0.499. The van der Waals surface area contributed by atoms with Gasteiger partial charge < -0.3 is 23.7 Å². The van der Waals surface area contributed by atoms with Gasteiger partial charge in [-0.2, -0.15) is 0 Å². The molecule has 7 heteroatoms. The number of cyclic esters (lactones) is 1. The summed E-state index contributed by atoms with van der Waals surface area (Å²) in [7, 11) is 1.33. The van der Waals surface area contributed by atoms with E-state index < -0.39 is 23.1 Å². The third kappa shape index (κ3) is 2.01. The van der Waals surface area contributed by atoms with Gasteiger partial charge in [0.1, 0.15) is 11.5 Å². The van der Waals surface area contributed by atoms with Crippen LogP contribution in [0.15, 0.2) is 34.2 Å². The molecule has 2 aliphatic heterocycles. The fourth-order valence-electron chi connectivity index (χ4n) is 6.06. The zero-order valence-corrected chi connectivity index (χ0v) is 16.0. The Morgan fingerprint density at radius 2 is 2.18 bits per heavy atom. The van der Waals surface area contributed by atoms with Crippen molar-refractivity contribution in [3.8, 4) is 0 Å². The molecule has 2 aliphatic carbocycles. The van der Waals surface area contributed by atoms with Crippen LogP contribution in [0.1, 0.15) is 50.7 Å². The summed E-state index contributed by atoms with van der Waals surface area (Å²) >= 11 is 0. The number of carbonyl (C=O) groups is 2. The molecule has 0 amide bonds. The lowest BCUT2D eigenvalue weighted by Gasteiger charge is -2.46. The van der Waals surface area contributed by atoms with Crippen LogP contribution < -0.4 is 0 Å². The van der Waals surface area contributed by atoms with Crippen LogP contribution in [0.4, 0.5) is 0 Å². The van der Waals surface area contributed by atoms with E-state index in [2.05, 4.69) is 0 Å². The van der Waals surface area contributed by atoms with E-state index in [0.29, 0.717) is 32.1 Å². The molecule has 3 heterocycles. The molecule has 6 atom stereocenters. The lowest BCUT2D eigenvalue weighted by molar-refractivity contribution is -0.177. The number of ether oxygens (including phenoxy) is 3. The van der Waals surface area contributed by atoms with Crippen molar-refractivity contribution in [2.24, 2.45) is 16.7 Å². The lowest BCUT2D eigenvalue weighted by atomic mass is 9.54. The minimum Gasteiger partial charge on any atom is -0.472 e. The molecule has 1 aromatic rings. The van der Waals surface area contributed by atoms with E-state index in [-0.39, 0.29) is 24.1 Å². The highest BCUT2D eigenvalue weighted by molar-refractivity contribution is 5.88. The van der Waals surface area contributed by atoms with E-state index in [1.165, 1.54) is 7.11 Å². The zero-order valence-electron chi connectivity index (χ0n) is 16.0. The maximum absolute atomic E-state index is 13.3. The predicted molar refractivity (Wildman–Crippen MR) is 94.6 cm³/mol. The highest BCUT2D eigenvalue weighted by Gasteiger charge is 2.68. The van der Waals surface area contributed by atoms with Crippen LogP contribution in [-0.2, 0) is 23.8 Å². The van der Waals surface area contributed by atoms with Crippen molar-refractivity contribution in [2.75, 3.05) is 7.11 Å². The number of furan rings is 1. The van der Waals surface area contributed by atoms with Crippen molar-refractivity contribution >= 4 is 11.9 Å². The lowest BCUT2D eigenvalue weighted by Crippen LogP contribution is -2.49. The van der Waals surface area contributed by atoms with Gasteiger partial charge in [-0.25, -0.2) is 0 Å². The van der Waals surface area contributed by atoms with E-state index in [1.807, 2.05) is 13.0 Å². The molecule has 1 aromatic heterocycles. The van der Waals surface area contributed by atoms with Gasteiger partial charge in [-0.05, 0) is 48.8 Å². The Labute approximate surface area is 162 Å². The minimum atomic E-state index is -1.25. The Morgan fingerprint density at radius 3 is 2.89 bits per heavy atom. The summed E-state index contributed by atoms with van der Waals surface area (Å²) < 4.78 is 21.9. The second-order valence-electron chi connectivity index (χ2n) is 8.45. The van der Waals surface area contributed by atoms with E-state index in [1.54, 1.807) is 12.5 Å². The Hall–Kier alpha value is -2.12. The standard InChI is InChI=1S/C21H24O7/c1-11-8-14-16-13(4-3-6-20(16,17(22)25-2)18(23)27-14)21(11)9-15(28-19(21)24)12-5-7-26-10-12/h5,7,10-11,14-15,18,23H,3-4,6,8-9H2,1-2H3/t11-,14+,15+,18+,20+,21+/m1/s1. The van der Waals surface area contributed by atoms with Gasteiger partial charge >= 0.3 is 11.9 Å². The fraction of sp³-hybridized carbons (Fsp3) is 0.619. The maximum atomic E-state index is 13.3. The first-order valence-corrected chi connectivity index (χ1v) is 9.84. The van der Waals surface area contributed by atoms with E-state index >= 15 is 0 Å². The van der Waals surface area contributed by atoms with Crippen LogP contribution in [0, 0.1) is 16.7 Å². The SMILES string of the molecule is COC(=O)[C@]12CCCC3=C1[C@H](C[C@@H](C)[C@@]31C[C@@H](c3ccoc3)OC1=O)O[C@@H]2O. The molecular formula is C21H24O7. The van der Waals surface area contributed by atoms with Gasteiger partial charge in [-0.15, -0.1) is 0 Å². The van der Waals surface area contributed by atoms with Gasteiger partial charge in [0.05, 0.1) is 31.2 Å². The third-order valence-electron chi connectivity index (χ3n) is 7.37. The molecule has 1 N–H and O–H groups in total. The Balaban J connectivity index is 1.67. The molecule has 2 saturated heterocycles. The van der Waals surface area contributed by atoms with Crippen LogP contribution in [-0.4, -0.2) is 36.5 Å². The van der Waals surface area contributed by atoms with E-state index in [4.69, 9.17) is 18.6 Å². The van der Waals surface area contributed by atoms with Gasteiger partial charge in [-0.1, -0.05) is 6.92 Å². The molecular weight excluding hydrogens is 364 g/mol. The largest absolute Gasteiger partial charge is 0.472 e. The molecule has 5 rings (SSSR count). The number of fused-ring (bicyclic) bond motifs is 1. The molecule has 2 fully saturated rings. The fourth-order valence-corrected chi connectivity index (χ4v) is 6.06. The molecule has 0 saturated carbocycles. The molecule has 1 spiro atoms. The van der Waals surface area contributed by atoms with Gasteiger partial charge in [0, 0.05) is 12.0 Å². The number of aliphatic hydroxyl groups is 1. The van der Waals surface area contributed by atoms with Crippen LogP contribution >= 0.6 is 0 Å². The average molecular weight is 388 g/mol. The Morgan fingerprint density at radius 1 is 1.36 bits per heavy atom. The molecule has 7 nitrogen and oxygen atoms in total. The number of methoxy groups -OCH3 is 1. The van der Waals surface area contributed by atoms with Crippen molar-refractivity contribution in [3.05, 3.63) is 35.3 Å². The smallest absolute Gasteiger partial charge is 0.321 e. The summed E-state index contributed by atoms with van der Waals surface area (Å²) in [4.78, 5) is 26.1. The van der Waals surface area contributed by atoms with E-state index in [9.17, 15) is 14.7 Å². The maximum Gasteiger partial charge on any atom is 0.321 e. The average Bonchev–Trinajstić information content (AvgIpc) is 3.39. The van der Waals surface area contributed by atoms with Gasteiger partial charge in [0.15, 0.2) is 6.29 Å². The summed E-state index contributed by atoms with van der Waals surface area (Å²) in [6, 6.07) is 1.81. The highest BCUT2D eigenvalue weighted by Crippen LogP contribution is 2.65. The van der Waals surface area contributed by atoms with Crippen molar-refractivity contribution in [2.45, 2.75) is 57.5 Å². The number of aliphatic hydroxyl groups excluding tert-OH is 1. The second-order valence-corrected chi connectivity index (χ2v) is 8.45. The Bertz CT molecular complexity index is 856. The van der Waals surface area contributed by atoms with Crippen molar-refractivity contribution < 1.29 is 33.3 Å². The van der Waals surface area contributed by atoms with Gasteiger partial charge in [-0.3, -0.25) is 9.59 Å². The highest BCUT2D eigenvalue weighted by atomic mass is 16.6. The number of carbonyl (C=O) groups excluding carboxylic acids is 2. The third-order valence-corrected chi connectivity index (χ3v) is 7.37. The van der Waals surface area contributed by atoms with Crippen molar-refractivity contribution in [1.82, 2.24) is 0 Å². The summed E-state index contributed by atoms with van der Waals surface area (Å²) in [6.45, 7) is 2.03. The minimum absolute atomic E-state index is 0.0283. The molecule has 0 radical (unpaired) electrons. The summed E-state index contributed by atoms with van der Waals surface area (Å²) in [5, 5.41) is 10.7. The second kappa shape index (κ2) is 5.94. The predicted octanol–water partition coefficient (Wildman–Crippen LogP) is 2.65. The number of esters is 2. The number of hydrogen-bond donors (Lipinski definition) is 1.